The van der Waals surface area contributed by atoms with Gasteiger partial charge in [-0.05, 0) is 55.0 Å². The molecule has 0 fully saturated rings. The van der Waals surface area contributed by atoms with Gasteiger partial charge in [-0.3, -0.25) is 9.52 Å². The number of alkyl halides is 3. The number of carbonyl (C=O) groups excluding carboxylic acids is 1. The van der Waals surface area contributed by atoms with Crippen LogP contribution in [-0.2, 0) is 16.2 Å². The summed E-state index contributed by atoms with van der Waals surface area (Å²) < 4.78 is 66.7. The molecule has 3 aromatic rings. The van der Waals surface area contributed by atoms with Gasteiger partial charge in [-0.15, -0.1) is 0 Å². The molecule has 0 aliphatic carbocycles. The summed E-state index contributed by atoms with van der Waals surface area (Å²) in [6.45, 7) is 1.56. The summed E-state index contributed by atoms with van der Waals surface area (Å²) in [5.41, 5.74) is -0.692. The summed E-state index contributed by atoms with van der Waals surface area (Å²) in [5, 5.41) is 2.56. The number of nitrogens with one attached hydrogen (secondary N) is 2. The van der Waals surface area contributed by atoms with E-state index in [9.17, 15) is 26.4 Å². The van der Waals surface area contributed by atoms with Crippen molar-refractivity contribution < 1.29 is 26.4 Å². The minimum absolute atomic E-state index is 0.00241. The molecule has 5 nitrogen and oxygen atoms in total. The number of hydrogen-bond acceptors (Lipinski definition) is 3. The second kappa shape index (κ2) is 9.42. The first-order valence-electron chi connectivity index (χ1n) is 9.04. The lowest BCUT2D eigenvalue weighted by molar-refractivity contribution is -0.137. The molecule has 0 saturated heterocycles. The number of halogens is 6. The highest BCUT2D eigenvalue weighted by Gasteiger charge is 2.30. The molecule has 3 rings (SSSR count). The van der Waals surface area contributed by atoms with Crippen LogP contribution in [0.15, 0.2) is 59.5 Å². The standard InChI is InChI=1S/C21H14Cl3F3N2O3S/c1-11-5-6-14(33(31,32)29-19-10-17(23)16(22)9-18(19)24)8-15(11)20(30)28-13-4-2-3-12(7-13)21(25,26)27/h2-10,29H,1H3,(H,28,30). The molecule has 0 saturated carbocycles. The molecular formula is C21H14Cl3F3N2O3S. The van der Waals surface area contributed by atoms with Crippen molar-refractivity contribution >= 4 is 62.1 Å². The Balaban J connectivity index is 1.90. The third kappa shape index (κ3) is 5.92. The van der Waals surface area contributed by atoms with E-state index in [1.807, 2.05) is 0 Å². The third-order valence-corrected chi connectivity index (χ3v) is 6.86. The Kier molecular flexibility index (Phi) is 7.18. The fourth-order valence-corrected chi connectivity index (χ4v) is 4.54. The monoisotopic (exact) mass is 536 g/mol. The highest BCUT2D eigenvalue weighted by atomic mass is 35.5. The van der Waals surface area contributed by atoms with Gasteiger partial charge in [0.05, 0.1) is 31.2 Å². The summed E-state index contributed by atoms with van der Waals surface area (Å²) in [7, 11) is -4.20. The maximum atomic E-state index is 12.9. The number of amides is 1. The van der Waals surface area contributed by atoms with Crippen LogP contribution in [0.3, 0.4) is 0 Å². The quantitative estimate of drug-likeness (QED) is 0.343. The minimum atomic E-state index is -4.58. The fraction of sp³-hybridized carbons (Fsp3) is 0.0952. The van der Waals surface area contributed by atoms with Crippen LogP contribution in [0.2, 0.25) is 15.1 Å². The molecule has 33 heavy (non-hydrogen) atoms. The number of benzene rings is 3. The van der Waals surface area contributed by atoms with Gasteiger partial charge in [0, 0.05) is 11.3 Å². The van der Waals surface area contributed by atoms with Gasteiger partial charge in [-0.25, -0.2) is 8.42 Å². The van der Waals surface area contributed by atoms with Gasteiger partial charge in [0.1, 0.15) is 0 Å². The molecule has 0 bridgehead atoms. The molecule has 0 atom stereocenters. The molecule has 0 radical (unpaired) electrons. The van der Waals surface area contributed by atoms with Gasteiger partial charge in [0.15, 0.2) is 0 Å². The first-order chi connectivity index (χ1) is 15.3. The van der Waals surface area contributed by atoms with Gasteiger partial charge in [0.25, 0.3) is 15.9 Å². The van der Waals surface area contributed by atoms with Crippen molar-refractivity contribution in [1.82, 2.24) is 0 Å². The average molecular weight is 538 g/mol. The van der Waals surface area contributed by atoms with Crippen LogP contribution in [0, 0.1) is 6.92 Å². The van der Waals surface area contributed by atoms with E-state index in [4.69, 9.17) is 34.8 Å². The summed E-state index contributed by atoms with van der Waals surface area (Å²) in [5.74, 6) is -0.781. The van der Waals surface area contributed by atoms with Gasteiger partial charge in [-0.1, -0.05) is 46.9 Å². The summed E-state index contributed by atoms with van der Waals surface area (Å²) in [4.78, 5) is 12.4. The van der Waals surface area contributed by atoms with E-state index in [0.29, 0.717) is 5.56 Å². The second-order valence-corrected chi connectivity index (χ2v) is 9.77. The molecule has 174 valence electrons. The maximum Gasteiger partial charge on any atom is 0.416 e. The van der Waals surface area contributed by atoms with E-state index in [1.54, 1.807) is 6.92 Å². The van der Waals surface area contributed by atoms with E-state index in [1.165, 1.54) is 30.3 Å². The number of sulfonamides is 1. The number of carbonyl (C=O) groups is 1. The molecule has 1 amide bonds. The fourth-order valence-electron chi connectivity index (χ4n) is 2.79. The van der Waals surface area contributed by atoms with Crippen LogP contribution in [0.25, 0.3) is 0 Å². The van der Waals surface area contributed by atoms with Crippen LogP contribution in [0.5, 0.6) is 0 Å². The Labute approximate surface area is 202 Å². The zero-order valence-corrected chi connectivity index (χ0v) is 19.7. The second-order valence-electron chi connectivity index (χ2n) is 6.86. The SMILES string of the molecule is Cc1ccc(S(=O)(=O)Nc2cc(Cl)c(Cl)cc2Cl)cc1C(=O)Nc1cccc(C(F)(F)F)c1. The van der Waals surface area contributed by atoms with Crippen molar-refractivity contribution in [1.29, 1.82) is 0 Å². The molecule has 3 aromatic carbocycles. The Hall–Kier alpha value is -2.46. The van der Waals surface area contributed by atoms with E-state index < -0.39 is 27.7 Å². The lowest BCUT2D eigenvalue weighted by Crippen LogP contribution is -2.17. The molecule has 0 aromatic heterocycles. The lowest BCUT2D eigenvalue weighted by Gasteiger charge is -2.14. The predicted octanol–water partition coefficient (Wildman–Crippen LogP) is 7.03. The Morgan fingerprint density at radius 3 is 2.24 bits per heavy atom. The van der Waals surface area contributed by atoms with Gasteiger partial charge in [-0.2, -0.15) is 13.2 Å². The highest BCUT2D eigenvalue weighted by Crippen LogP contribution is 2.34. The smallest absolute Gasteiger partial charge is 0.322 e. The topological polar surface area (TPSA) is 75.3 Å². The van der Waals surface area contributed by atoms with Crippen LogP contribution in [0.4, 0.5) is 24.5 Å². The zero-order valence-electron chi connectivity index (χ0n) is 16.6. The molecule has 12 heteroatoms. The highest BCUT2D eigenvalue weighted by molar-refractivity contribution is 7.92. The first kappa shape index (κ1) is 25.2. The van der Waals surface area contributed by atoms with Crippen molar-refractivity contribution in [3.63, 3.8) is 0 Å². The van der Waals surface area contributed by atoms with E-state index >= 15 is 0 Å². The van der Waals surface area contributed by atoms with Crippen LogP contribution in [0.1, 0.15) is 21.5 Å². The minimum Gasteiger partial charge on any atom is -0.322 e. The largest absolute Gasteiger partial charge is 0.416 e. The Morgan fingerprint density at radius 1 is 0.909 bits per heavy atom. The van der Waals surface area contributed by atoms with Crippen LogP contribution >= 0.6 is 34.8 Å². The number of hydrogen-bond donors (Lipinski definition) is 2. The molecule has 0 heterocycles. The molecular weight excluding hydrogens is 524 g/mol. The first-order valence-corrected chi connectivity index (χ1v) is 11.7. The molecule has 0 aliphatic heterocycles. The van der Waals surface area contributed by atoms with Crippen LogP contribution in [-0.4, -0.2) is 14.3 Å². The number of aryl methyl sites for hydroxylation is 1. The number of anilines is 2. The van der Waals surface area contributed by atoms with E-state index in [2.05, 4.69) is 10.0 Å². The maximum absolute atomic E-state index is 12.9. The molecule has 2 N–H and O–H groups in total. The molecule has 0 unspecified atom stereocenters. The average Bonchev–Trinajstić information content (AvgIpc) is 2.71. The van der Waals surface area contributed by atoms with Gasteiger partial charge < -0.3 is 5.32 Å². The van der Waals surface area contributed by atoms with Gasteiger partial charge >= 0.3 is 6.18 Å². The Morgan fingerprint density at radius 2 is 1.58 bits per heavy atom. The number of rotatable bonds is 5. The summed E-state index contributed by atoms with van der Waals surface area (Å²) in [6, 6.07) is 10.4. The van der Waals surface area contributed by atoms with Crippen molar-refractivity contribution in [3.8, 4) is 0 Å². The van der Waals surface area contributed by atoms with Crippen LogP contribution < -0.4 is 10.0 Å². The molecule has 0 spiro atoms. The normalized spacial score (nSPS) is 11.8. The summed E-state index contributed by atoms with van der Waals surface area (Å²) >= 11 is 17.8. The van der Waals surface area contributed by atoms with Crippen molar-refractivity contribution in [2.75, 3.05) is 10.0 Å². The zero-order chi connectivity index (χ0) is 24.6. The lowest BCUT2D eigenvalue weighted by atomic mass is 10.1. The predicted molar refractivity (Wildman–Crippen MR) is 123 cm³/mol. The van der Waals surface area contributed by atoms with Crippen molar-refractivity contribution in [3.05, 3.63) is 86.4 Å². The van der Waals surface area contributed by atoms with Crippen molar-refractivity contribution in [2.45, 2.75) is 18.0 Å². The summed E-state index contributed by atoms with van der Waals surface area (Å²) in [6.07, 6.45) is -4.58. The van der Waals surface area contributed by atoms with E-state index in [0.717, 1.165) is 24.3 Å². The van der Waals surface area contributed by atoms with Gasteiger partial charge in [0.2, 0.25) is 0 Å². The third-order valence-electron chi connectivity index (χ3n) is 4.47. The molecule has 0 aliphatic rings. The van der Waals surface area contributed by atoms with Crippen molar-refractivity contribution in [2.24, 2.45) is 0 Å². The Bertz CT molecular complexity index is 1350. The van der Waals surface area contributed by atoms with E-state index in [-0.39, 0.29) is 36.9 Å².